The number of benzene rings is 2. The Hall–Kier alpha value is -3.22. The molecule has 7 heteroatoms. The number of carbonyl (C=O) groups is 2. The summed E-state index contributed by atoms with van der Waals surface area (Å²) in [5.41, 5.74) is 0.546. The summed E-state index contributed by atoms with van der Waals surface area (Å²) in [4.78, 5) is 33.3. The molecule has 0 aromatic heterocycles. The minimum Gasteiger partial charge on any atom is -0.481 e. The maximum absolute atomic E-state index is 12.0. The number of rotatable bonds is 6. The van der Waals surface area contributed by atoms with E-state index >= 15 is 0 Å². The van der Waals surface area contributed by atoms with Crippen molar-refractivity contribution in [1.82, 2.24) is 0 Å². The monoisotopic (exact) mass is 315 g/mol. The Labute approximate surface area is 131 Å². The Morgan fingerprint density at radius 1 is 1.09 bits per heavy atom. The zero-order valence-corrected chi connectivity index (χ0v) is 11.9. The van der Waals surface area contributed by atoms with Gasteiger partial charge in [0, 0.05) is 12.1 Å². The summed E-state index contributed by atoms with van der Waals surface area (Å²) in [5.74, 6) is -3.51. The third kappa shape index (κ3) is 4.37. The van der Waals surface area contributed by atoms with Gasteiger partial charge in [-0.15, -0.1) is 0 Å². The SMILES string of the molecule is O=C(O)C(Cc1ccccc1)C(=O)Oc1ccc([N+](=O)[O-])cc1. The van der Waals surface area contributed by atoms with Crippen molar-refractivity contribution in [2.45, 2.75) is 6.42 Å². The molecule has 0 spiro atoms. The smallest absolute Gasteiger partial charge is 0.326 e. The highest BCUT2D eigenvalue weighted by Crippen LogP contribution is 2.19. The van der Waals surface area contributed by atoms with Crippen LogP contribution in [0.2, 0.25) is 0 Å². The largest absolute Gasteiger partial charge is 0.481 e. The molecule has 23 heavy (non-hydrogen) atoms. The van der Waals surface area contributed by atoms with Crippen LogP contribution in [-0.2, 0) is 16.0 Å². The molecule has 1 unspecified atom stereocenters. The van der Waals surface area contributed by atoms with Crippen LogP contribution in [-0.4, -0.2) is 22.0 Å². The highest BCUT2D eigenvalue weighted by molar-refractivity contribution is 5.95. The number of hydrogen-bond donors (Lipinski definition) is 1. The van der Waals surface area contributed by atoms with Gasteiger partial charge >= 0.3 is 11.9 Å². The van der Waals surface area contributed by atoms with E-state index in [9.17, 15) is 24.8 Å². The van der Waals surface area contributed by atoms with Gasteiger partial charge in [-0.2, -0.15) is 0 Å². The zero-order valence-electron chi connectivity index (χ0n) is 11.9. The average molecular weight is 315 g/mol. The molecule has 0 radical (unpaired) electrons. The third-order valence-electron chi connectivity index (χ3n) is 3.13. The van der Waals surface area contributed by atoms with Gasteiger partial charge in [-0.05, 0) is 24.1 Å². The van der Waals surface area contributed by atoms with Crippen molar-refractivity contribution in [3.8, 4) is 5.75 Å². The normalized spacial score (nSPS) is 11.5. The number of hydrogen-bond acceptors (Lipinski definition) is 5. The number of nitro benzene ring substituents is 1. The zero-order chi connectivity index (χ0) is 16.8. The van der Waals surface area contributed by atoms with E-state index in [1.807, 2.05) is 0 Å². The van der Waals surface area contributed by atoms with Gasteiger partial charge in [0.1, 0.15) is 5.75 Å². The molecule has 0 aliphatic carbocycles. The Bertz CT molecular complexity index is 711. The van der Waals surface area contributed by atoms with E-state index in [-0.39, 0.29) is 17.9 Å². The maximum Gasteiger partial charge on any atom is 0.326 e. The van der Waals surface area contributed by atoms with E-state index in [1.54, 1.807) is 30.3 Å². The Morgan fingerprint density at radius 3 is 2.22 bits per heavy atom. The summed E-state index contributed by atoms with van der Waals surface area (Å²) in [6, 6.07) is 13.6. The van der Waals surface area contributed by atoms with Crippen LogP contribution in [0.1, 0.15) is 5.56 Å². The second-order valence-corrected chi connectivity index (χ2v) is 4.75. The van der Waals surface area contributed by atoms with Crippen molar-refractivity contribution in [3.05, 3.63) is 70.3 Å². The summed E-state index contributed by atoms with van der Waals surface area (Å²) < 4.78 is 5.00. The molecule has 0 bridgehead atoms. The summed E-state index contributed by atoms with van der Waals surface area (Å²) in [6.07, 6.45) is 0.00197. The highest BCUT2D eigenvalue weighted by Gasteiger charge is 2.28. The summed E-state index contributed by atoms with van der Waals surface area (Å²) in [5, 5.41) is 19.8. The first-order valence-corrected chi connectivity index (χ1v) is 6.70. The molecule has 0 aliphatic heterocycles. The van der Waals surface area contributed by atoms with Gasteiger partial charge in [0.25, 0.3) is 5.69 Å². The third-order valence-corrected chi connectivity index (χ3v) is 3.13. The molecule has 1 atom stereocenters. The van der Waals surface area contributed by atoms with Crippen molar-refractivity contribution >= 4 is 17.6 Å². The Morgan fingerprint density at radius 2 is 1.70 bits per heavy atom. The second kappa shape index (κ2) is 7.17. The first-order valence-electron chi connectivity index (χ1n) is 6.70. The lowest BCUT2D eigenvalue weighted by atomic mass is 10.00. The number of non-ortho nitro benzene ring substituents is 1. The molecule has 2 rings (SSSR count). The van der Waals surface area contributed by atoms with E-state index in [0.29, 0.717) is 5.56 Å². The minimum atomic E-state index is -1.35. The number of carbonyl (C=O) groups excluding carboxylic acids is 1. The number of carboxylic acids is 1. The predicted octanol–water partition coefficient (Wildman–Crippen LogP) is 2.44. The fourth-order valence-corrected chi connectivity index (χ4v) is 1.94. The molecule has 0 fully saturated rings. The van der Waals surface area contributed by atoms with Gasteiger partial charge in [-0.25, -0.2) is 0 Å². The van der Waals surface area contributed by atoms with Crippen molar-refractivity contribution in [3.63, 3.8) is 0 Å². The fourth-order valence-electron chi connectivity index (χ4n) is 1.94. The van der Waals surface area contributed by atoms with Gasteiger partial charge in [0.05, 0.1) is 4.92 Å². The van der Waals surface area contributed by atoms with Gasteiger partial charge in [-0.3, -0.25) is 19.7 Å². The van der Waals surface area contributed by atoms with Gasteiger partial charge in [0.15, 0.2) is 5.92 Å². The van der Waals surface area contributed by atoms with Gasteiger partial charge < -0.3 is 9.84 Å². The molecule has 0 amide bonds. The Balaban J connectivity index is 2.09. The quantitative estimate of drug-likeness (QED) is 0.288. The van der Waals surface area contributed by atoms with Crippen LogP contribution in [0.15, 0.2) is 54.6 Å². The van der Waals surface area contributed by atoms with Crippen LogP contribution in [0.5, 0.6) is 5.75 Å². The standard InChI is InChI=1S/C16H13NO6/c18-15(19)14(10-11-4-2-1-3-5-11)16(20)23-13-8-6-12(7-9-13)17(21)22/h1-9,14H,10H2,(H,18,19). The van der Waals surface area contributed by atoms with Crippen LogP contribution in [0.25, 0.3) is 0 Å². The highest BCUT2D eigenvalue weighted by atomic mass is 16.6. The van der Waals surface area contributed by atoms with Crippen LogP contribution in [0.4, 0.5) is 5.69 Å². The van der Waals surface area contributed by atoms with Gasteiger partial charge in [-0.1, -0.05) is 30.3 Å². The first-order chi connectivity index (χ1) is 11.0. The lowest BCUT2D eigenvalue weighted by molar-refractivity contribution is -0.384. The molecule has 0 saturated heterocycles. The number of esters is 1. The molecule has 7 nitrogen and oxygen atoms in total. The van der Waals surface area contributed by atoms with E-state index in [1.165, 1.54) is 24.3 Å². The van der Waals surface area contributed by atoms with E-state index in [0.717, 1.165) is 0 Å². The molecule has 118 valence electrons. The minimum absolute atomic E-state index is 0.00197. The van der Waals surface area contributed by atoms with Crippen LogP contribution in [0, 0.1) is 16.0 Å². The number of nitro groups is 1. The first kappa shape index (κ1) is 16.2. The van der Waals surface area contributed by atoms with E-state index < -0.39 is 22.8 Å². The summed E-state index contributed by atoms with van der Waals surface area (Å²) in [7, 11) is 0. The average Bonchev–Trinajstić information content (AvgIpc) is 2.53. The van der Waals surface area contributed by atoms with Crippen LogP contribution < -0.4 is 4.74 Å². The lowest BCUT2D eigenvalue weighted by Crippen LogP contribution is -2.29. The maximum atomic E-state index is 12.0. The summed E-state index contributed by atoms with van der Waals surface area (Å²) >= 11 is 0. The lowest BCUT2D eigenvalue weighted by Gasteiger charge is -2.12. The second-order valence-electron chi connectivity index (χ2n) is 4.75. The molecule has 0 saturated carbocycles. The van der Waals surface area contributed by atoms with Crippen molar-refractivity contribution < 1.29 is 24.4 Å². The Kier molecular flexibility index (Phi) is 5.03. The van der Waals surface area contributed by atoms with E-state index in [2.05, 4.69) is 0 Å². The molecule has 2 aromatic rings. The topological polar surface area (TPSA) is 107 Å². The predicted molar refractivity (Wildman–Crippen MR) is 80.0 cm³/mol. The molecular weight excluding hydrogens is 302 g/mol. The molecule has 0 aliphatic rings. The number of carboxylic acid groups (broad SMARTS) is 1. The number of aliphatic carboxylic acids is 1. The number of ether oxygens (including phenoxy) is 1. The molecule has 2 aromatic carbocycles. The fraction of sp³-hybridized carbons (Fsp3) is 0.125. The molecular formula is C16H13NO6. The van der Waals surface area contributed by atoms with Crippen LogP contribution in [0.3, 0.4) is 0 Å². The van der Waals surface area contributed by atoms with Crippen molar-refractivity contribution in [2.75, 3.05) is 0 Å². The summed E-state index contributed by atoms with van der Waals surface area (Å²) in [6.45, 7) is 0. The number of nitrogens with zero attached hydrogens (tertiary/aromatic N) is 1. The van der Waals surface area contributed by atoms with Gasteiger partial charge in [0.2, 0.25) is 0 Å². The molecule has 1 N–H and O–H groups in total. The van der Waals surface area contributed by atoms with E-state index in [4.69, 9.17) is 4.74 Å². The molecule has 0 heterocycles. The van der Waals surface area contributed by atoms with Crippen LogP contribution >= 0.6 is 0 Å². The van der Waals surface area contributed by atoms with Crippen molar-refractivity contribution in [1.29, 1.82) is 0 Å². The van der Waals surface area contributed by atoms with Crippen molar-refractivity contribution in [2.24, 2.45) is 5.92 Å².